The van der Waals surface area contributed by atoms with E-state index in [1.807, 2.05) is 58.0 Å². The Bertz CT molecular complexity index is 730. The average Bonchev–Trinajstić information content (AvgIpc) is 2.54. The Morgan fingerprint density at radius 1 is 1.19 bits per heavy atom. The van der Waals surface area contributed by atoms with E-state index in [0.717, 1.165) is 17.0 Å². The molecular formula is C20H27FIN3O. The van der Waals surface area contributed by atoms with Crippen LogP contribution in [0.4, 0.5) is 10.1 Å². The highest BCUT2D eigenvalue weighted by molar-refractivity contribution is 14.0. The summed E-state index contributed by atoms with van der Waals surface area (Å²) in [5, 5.41) is 3.06. The molecule has 0 heterocycles. The summed E-state index contributed by atoms with van der Waals surface area (Å²) in [7, 11) is 0. The van der Waals surface area contributed by atoms with Gasteiger partial charge in [0.1, 0.15) is 11.6 Å². The molecule has 3 N–H and O–H groups in total. The summed E-state index contributed by atoms with van der Waals surface area (Å²) in [5.41, 5.74) is 7.38. The molecule has 0 aromatic heterocycles. The molecule has 0 unspecified atom stereocenters. The zero-order valence-corrected chi connectivity index (χ0v) is 18.0. The maximum absolute atomic E-state index is 13.4. The van der Waals surface area contributed by atoms with Crippen LogP contribution in [0.3, 0.4) is 0 Å². The maximum atomic E-state index is 13.4. The van der Waals surface area contributed by atoms with Crippen molar-refractivity contribution in [3.63, 3.8) is 0 Å². The van der Waals surface area contributed by atoms with Gasteiger partial charge in [0, 0.05) is 11.1 Å². The second-order valence-corrected chi connectivity index (χ2v) is 6.91. The van der Waals surface area contributed by atoms with E-state index in [4.69, 9.17) is 10.5 Å². The quantitative estimate of drug-likeness (QED) is 0.357. The number of ether oxygens (including phenoxy) is 1. The molecule has 2 aromatic rings. The maximum Gasteiger partial charge on any atom is 0.193 e. The molecule has 0 spiro atoms. The minimum atomic E-state index is -0.316. The first-order valence-electron chi connectivity index (χ1n) is 8.36. The fourth-order valence-electron chi connectivity index (χ4n) is 2.36. The topological polar surface area (TPSA) is 59.6 Å². The van der Waals surface area contributed by atoms with Crippen LogP contribution in [0.25, 0.3) is 0 Å². The zero-order valence-electron chi connectivity index (χ0n) is 15.6. The van der Waals surface area contributed by atoms with Gasteiger partial charge in [-0.15, -0.1) is 24.0 Å². The van der Waals surface area contributed by atoms with Crippen molar-refractivity contribution in [3.8, 4) is 5.75 Å². The molecule has 2 rings (SSSR count). The van der Waals surface area contributed by atoms with Gasteiger partial charge in [-0.3, -0.25) is 4.99 Å². The van der Waals surface area contributed by atoms with E-state index >= 15 is 0 Å². The molecule has 0 aliphatic carbocycles. The summed E-state index contributed by atoms with van der Waals surface area (Å²) < 4.78 is 19.0. The molecule has 0 atom stereocenters. The normalized spacial score (nSPS) is 11.8. The Morgan fingerprint density at radius 2 is 1.85 bits per heavy atom. The third kappa shape index (κ3) is 6.82. The minimum absolute atomic E-state index is 0. The highest BCUT2D eigenvalue weighted by atomic mass is 127. The second-order valence-electron chi connectivity index (χ2n) is 6.91. The highest BCUT2D eigenvalue weighted by Crippen LogP contribution is 2.24. The van der Waals surface area contributed by atoms with Crippen molar-refractivity contribution < 1.29 is 9.13 Å². The molecule has 0 aliphatic heterocycles. The van der Waals surface area contributed by atoms with Crippen LogP contribution in [0, 0.1) is 5.82 Å². The van der Waals surface area contributed by atoms with E-state index < -0.39 is 0 Å². The number of nitrogens with two attached hydrogens (primary N) is 1. The predicted molar refractivity (Wildman–Crippen MR) is 117 cm³/mol. The molecule has 0 bridgehead atoms. The van der Waals surface area contributed by atoms with Gasteiger partial charge >= 0.3 is 0 Å². The molecule has 4 nitrogen and oxygen atoms in total. The number of aliphatic imine (C=N–C) groups is 1. The standard InChI is InChI=1S/C20H26FN3O.HI/c1-14(2)25-18-10-8-17(9-11-18)24-19(22)23-13-20(3,4)15-6-5-7-16(21)12-15;/h5-12,14H,13H2,1-4H3,(H3,22,23,24);1H. The van der Waals surface area contributed by atoms with E-state index in [9.17, 15) is 4.39 Å². The van der Waals surface area contributed by atoms with Gasteiger partial charge in [-0.25, -0.2) is 4.39 Å². The Labute approximate surface area is 172 Å². The largest absolute Gasteiger partial charge is 0.491 e. The van der Waals surface area contributed by atoms with Crippen molar-refractivity contribution in [3.05, 3.63) is 59.9 Å². The van der Waals surface area contributed by atoms with Crippen LogP contribution in [-0.4, -0.2) is 18.6 Å². The van der Waals surface area contributed by atoms with E-state index in [-0.39, 0.29) is 41.3 Å². The Kier molecular flexibility index (Phi) is 8.33. The van der Waals surface area contributed by atoms with Crippen LogP contribution >= 0.6 is 24.0 Å². The lowest BCUT2D eigenvalue weighted by Crippen LogP contribution is -2.27. The molecule has 0 saturated heterocycles. The van der Waals surface area contributed by atoms with Crippen LogP contribution in [0.15, 0.2) is 53.5 Å². The second kappa shape index (κ2) is 9.75. The molecule has 0 fully saturated rings. The molecule has 26 heavy (non-hydrogen) atoms. The van der Waals surface area contributed by atoms with Crippen molar-refractivity contribution in [2.75, 3.05) is 11.9 Å². The van der Waals surface area contributed by atoms with Gasteiger partial charge in [-0.05, 0) is 55.8 Å². The van der Waals surface area contributed by atoms with Crippen LogP contribution < -0.4 is 15.8 Å². The number of anilines is 1. The first-order valence-corrected chi connectivity index (χ1v) is 8.36. The Hall–Kier alpha value is -1.83. The lowest BCUT2D eigenvalue weighted by atomic mass is 9.85. The molecule has 6 heteroatoms. The van der Waals surface area contributed by atoms with E-state index in [0.29, 0.717) is 12.5 Å². The zero-order chi connectivity index (χ0) is 18.4. The Morgan fingerprint density at radius 3 is 2.42 bits per heavy atom. The molecule has 0 radical (unpaired) electrons. The number of nitrogens with zero attached hydrogens (tertiary/aromatic N) is 1. The van der Waals surface area contributed by atoms with Gasteiger partial charge in [-0.2, -0.15) is 0 Å². The van der Waals surface area contributed by atoms with Crippen LogP contribution in [0.1, 0.15) is 33.3 Å². The monoisotopic (exact) mass is 471 g/mol. The first kappa shape index (κ1) is 22.2. The van der Waals surface area contributed by atoms with E-state index in [1.165, 1.54) is 12.1 Å². The lowest BCUT2D eigenvalue weighted by molar-refractivity contribution is 0.242. The molecule has 0 saturated carbocycles. The van der Waals surface area contributed by atoms with E-state index in [2.05, 4.69) is 10.3 Å². The summed E-state index contributed by atoms with van der Waals surface area (Å²) in [6.07, 6.45) is 0.135. The lowest BCUT2D eigenvalue weighted by Gasteiger charge is -2.23. The number of rotatable bonds is 6. The van der Waals surface area contributed by atoms with Gasteiger partial charge in [-0.1, -0.05) is 26.0 Å². The molecule has 0 amide bonds. The van der Waals surface area contributed by atoms with Gasteiger partial charge in [0.15, 0.2) is 5.96 Å². The van der Waals surface area contributed by atoms with E-state index in [1.54, 1.807) is 6.07 Å². The van der Waals surface area contributed by atoms with Gasteiger partial charge in [0.05, 0.1) is 12.6 Å². The summed E-state index contributed by atoms with van der Waals surface area (Å²) in [6.45, 7) is 8.44. The summed E-state index contributed by atoms with van der Waals surface area (Å²) >= 11 is 0. The van der Waals surface area contributed by atoms with Gasteiger partial charge < -0.3 is 15.8 Å². The molecular weight excluding hydrogens is 444 g/mol. The summed E-state index contributed by atoms with van der Waals surface area (Å²) in [4.78, 5) is 4.40. The van der Waals surface area contributed by atoms with Crippen molar-refractivity contribution in [2.24, 2.45) is 10.7 Å². The number of nitrogens with one attached hydrogen (secondary N) is 1. The van der Waals surface area contributed by atoms with Crippen LogP contribution in [0.5, 0.6) is 5.75 Å². The average molecular weight is 471 g/mol. The number of guanidine groups is 1. The molecule has 0 aliphatic rings. The summed E-state index contributed by atoms with van der Waals surface area (Å²) in [6, 6.07) is 14.1. The third-order valence-electron chi connectivity index (χ3n) is 3.75. The van der Waals surface area contributed by atoms with Crippen LogP contribution in [0.2, 0.25) is 0 Å². The SMILES string of the molecule is CC(C)Oc1ccc(NC(N)=NCC(C)(C)c2cccc(F)c2)cc1.I. The smallest absolute Gasteiger partial charge is 0.193 e. The van der Waals surface area contributed by atoms with Crippen molar-refractivity contribution in [1.82, 2.24) is 0 Å². The molecule has 2 aromatic carbocycles. The number of halogens is 2. The Balaban J connectivity index is 0.00000338. The predicted octanol–water partition coefficient (Wildman–Crippen LogP) is 4.94. The molecule has 142 valence electrons. The van der Waals surface area contributed by atoms with Crippen molar-refractivity contribution in [1.29, 1.82) is 0 Å². The summed E-state index contributed by atoms with van der Waals surface area (Å²) in [5.74, 6) is 0.884. The van der Waals surface area contributed by atoms with Gasteiger partial charge in [0.2, 0.25) is 0 Å². The fourth-order valence-corrected chi connectivity index (χ4v) is 2.36. The number of hydrogen-bond donors (Lipinski definition) is 2. The highest BCUT2D eigenvalue weighted by Gasteiger charge is 2.20. The first-order chi connectivity index (χ1) is 11.8. The number of hydrogen-bond acceptors (Lipinski definition) is 2. The van der Waals surface area contributed by atoms with Crippen molar-refractivity contribution >= 4 is 35.6 Å². The number of benzene rings is 2. The minimum Gasteiger partial charge on any atom is -0.491 e. The van der Waals surface area contributed by atoms with Gasteiger partial charge in [0.25, 0.3) is 0 Å². The van der Waals surface area contributed by atoms with Crippen molar-refractivity contribution in [2.45, 2.75) is 39.2 Å². The van der Waals surface area contributed by atoms with Crippen LogP contribution in [-0.2, 0) is 5.41 Å². The fraction of sp³-hybridized carbons (Fsp3) is 0.350. The third-order valence-corrected chi connectivity index (χ3v) is 3.75.